The van der Waals surface area contributed by atoms with Gasteiger partial charge in [-0.15, -0.1) is 0 Å². The molecular weight excluding hydrogens is 255 g/mol. The molecule has 0 spiro atoms. The number of benzene rings is 1. The summed E-state index contributed by atoms with van der Waals surface area (Å²) >= 11 is 0. The Morgan fingerprint density at radius 1 is 1.25 bits per heavy atom. The Balaban J connectivity index is 1.59. The van der Waals surface area contributed by atoms with Crippen LogP contribution in [0.4, 0.5) is 4.39 Å². The van der Waals surface area contributed by atoms with E-state index in [1.54, 1.807) is 6.07 Å². The van der Waals surface area contributed by atoms with E-state index in [-0.39, 0.29) is 5.82 Å². The Kier molecular flexibility index (Phi) is 3.97. The Labute approximate surface area is 118 Å². The molecule has 0 aromatic heterocycles. The zero-order valence-electron chi connectivity index (χ0n) is 11.5. The summed E-state index contributed by atoms with van der Waals surface area (Å²) in [6.45, 7) is 6.95. The highest BCUT2D eigenvalue weighted by molar-refractivity contribution is 5.37. The van der Waals surface area contributed by atoms with Crippen LogP contribution in [-0.4, -0.2) is 55.1 Å². The van der Waals surface area contributed by atoms with Gasteiger partial charge in [-0.3, -0.25) is 9.80 Å². The standard InChI is InChI=1S/C15H19FN4/c16-14-2-1-12(8-17)13(7-14)11-19-3-5-20(6-4-19)15-9-18-10-15/h1-2,7,15,18H,3-6,9-11H2. The molecule has 4 nitrogen and oxygen atoms in total. The summed E-state index contributed by atoms with van der Waals surface area (Å²) < 4.78 is 13.3. The molecule has 0 unspecified atom stereocenters. The minimum Gasteiger partial charge on any atom is -0.314 e. The third-order valence-corrected chi connectivity index (χ3v) is 4.26. The van der Waals surface area contributed by atoms with Crippen molar-refractivity contribution in [2.75, 3.05) is 39.3 Å². The van der Waals surface area contributed by atoms with Crippen molar-refractivity contribution in [3.63, 3.8) is 0 Å². The maximum absolute atomic E-state index is 13.3. The third kappa shape index (κ3) is 2.83. The molecule has 0 amide bonds. The molecule has 2 aliphatic heterocycles. The molecule has 0 bridgehead atoms. The summed E-state index contributed by atoms with van der Waals surface area (Å²) in [5, 5.41) is 12.4. The van der Waals surface area contributed by atoms with Crippen LogP contribution in [0.2, 0.25) is 0 Å². The van der Waals surface area contributed by atoms with Gasteiger partial charge in [0.2, 0.25) is 0 Å². The molecule has 1 aromatic rings. The van der Waals surface area contributed by atoms with Crippen molar-refractivity contribution < 1.29 is 4.39 Å². The van der Waals surface area contributed by atoms with Gasteiger partial charge in [-0.1, -0.05) is 0 Å². The Morgan fingerprint density at radius 3 is 2.60 bits per heavy atom. The first-order valence-electron chi connectivity index (χ1n) is 7.12. The molecule has 0 saturated carbocycles. The van der Waals surface area contributed by atoms with E-state index in [0.29, 0.717) is 18.2 Å². The van der Waals surface area contributed by atoms with E-state index in [0.717, 1.165) is 44.8 Å². The van der Waals surface area contributed by atoms with E-state index >= 15 is 0 Å². The number of piperazine rings is 1. The van der Waals surface area contributed by atoms with Crippen molar-refractivity contribution in [2.24, 2.45) is 0 Å². The van der Waals surface area contributed by atoms with E-state index in [2.05, 4.69) is 21.2 Å². The first-order valence-corrected chi connectivity index (χ1v) is 7.12. The predicted octanol–water partition coefficient (Wildman–Crippen LogP) is 0.787. The van der Waals surface area contributed by atoms with Crippen LogP contribution in [0.25, 0.3) is 0 Å². The molecule has 0 radical (unpaired) electrons. The zero-order chi connectivity index (χ0) is 13.9. The van der Waals surface area contributed by atoms with Crippen molar-refractivity contribution in [1.82, 2.24) is 15.1 Å². The number of nitrogens with zero attached hydrogens (tertiary/aromatic N) is 3. The lowest BCUT2D eigenvalue weighted by atomic mass is 10.1. The van der Waals surface area contributed by atoms with Crippen LogP contribution in [0.15, 0.2) is 18.2 Å². The Hall–Kier alpha value is -1.48. The molecule has 0 atom stereocenters. The normalized spacial score (nSPS) is 21.4. The van der Waals surface area contributed by atoms with Crippen molar-refractivity contribution in [3.05, 3.63) is 35.1 Å². The monoisotopic (exact) mass is 274 g/mol. The van der Waals surface area contributed by atoms with E-state index in [1.807, 2.05) is 0 Å². The largest absolute Gasteiger partial charge is 0.314 e. The van der Waals surface area contributed by atoms with Gasteiger partial charge in [0.05, 0.1) is 11.6 Å². The molecule has 3 rings (SSSR count). The van der Waals surface area contributed by atoms with E-state index in [9.17, 15) is 4.39 Å². The number of nitrogens with one attached hydrogen (secondary N) is 1. The van der Waals surface area contributed by atoms with Gasteiger partial charge in [0.1, 0.15) is 5.82 Å². The summed E-state index contributed by atoms with van der Waals surface area (Å²) in [7, 11) is 0. The summed E-state index contributed by atoms with van der Waals surface area (Å²) in [5.41, 5.74) is 1.38. The highest BCUT2D eigenvalue weighted by Gasteiger charge is 2.27. The lowest BCUT2D eigenvalue weighted by Gasteiger charge is -2.43. The summed E-state index contributed by atoms with van der Waals surface area (Å²) in [5.74, 6) is -0.266. The summed E-state index contributed by atoms with van der Waals surface area (Å²) in [6.07, 6.45) is 0. The van der Waals surface area contributed by atoms with E-state index in [1.165, 1.54) is 12.1 Å². The molecule has 106 valence electrons. The van der Waals surface area contributed by atoms with Crippen LogP contribution in [0.1, 0.15) is 11.1 Å². The molecule has 2 heterocycles. The maximum atomic E-state index is 13.3. The molecule has 1 N–H and O–H groups in total. The quantitative estimate of drug-likeness (QED) is 0.885. The molecule has 2 fully saturated rings. The second kappa shape index (κ2) is 5.88. The van der Waals surface area contributed by atoms with Crippen LogP contribution >= 0.6 is 0 Å². The first kappa shape index (κ1) is 13.5. The Morgan fingerprint density at radius 2 is 2.00 bits per heavy atom. The topological polar surface area (TPSA) is 42.3 Å². The van der Waals surface area contributed by atoms with Crippen LogP contribution in [0, 0.1) is 17.1 Å². The average Bonchev–Trinajstić information content (AvgIpc) is 2.39. The molecule has 0 aliphatic carbocycles. The van der Waals surface area contributed by atoms with E-state index in [4.69, 9.17) is 5.26 Å². The number of halogens is 1. The molecule has 2 saturated heterocycles. The van der Waals surface area contributed by atoms with Gasteiger partial charge in [-0.05, 0) is 23.8 Å². The van der Waals surface area contributed by atoms with Gasteiger partial charge < -0.3 is 5.32 Å². The smallest absolute Gasteiger partial charge is 0.123 e. The lowest BCUT2D eigenvalue weighted by molar-refractivity contribution is 0.0695. The SMILES string of the molecule is N#Cc1ccc(F)cc1CN1CCN(C2CNC2)CC1. The van der Waals surface area contributed by atoms with E-state index < -0.39 is 0 Å². The number of hydrogen-bond acceptors (Lipinski definition) is 4. The molecule has 5 heteroatoms. The second-order valence-electron chi connectivity index (χ2n) is 5.54. The minimum atomic E-state index is -0.266. The molecular formula is C15H19FN4. The summed E-state index contributed by atoms with van der Waals surface area (Å²) in [6, 6.07) is 7.25. The minimum absolute atomic E-state index is 0.266. The van der Waals surface area contributed by atoms with Gasteiger partial charge in [0.15, 0.2) is 0 Å². The Bertz CT molecular complexity index is 513. The van der Waals surface area contributed by atoms with Gasteiger partial charge >= 0.3 is 0 Å². The van der Waals surface area contributed by atoms with Gasteiger partial charge in [0.25, 0.3) is 0 Å². The van der Waals surface area contributed by atoms with Crippen LogP contribution in [0.5, 0.6) is 0 Å². The number of hydrogen-bond donors (Lipinski definition) is 1. The highest BCUT2D eigenvalue weighted by Crippen LogP contribution is 2.16. The number of rotatable bonds is 3. The van der Waals surface area contributed by atoms with Crippen LogP contribution < -0.4 is 5.32 Å². The summed E-state index contributed by atoms with van der Waals surface area (Å²) in [4.78, 5) is 4.82. The maximum Gasteiger partial charge on any atom is 0.123 e. The van der Waals surface area contributed by atoms with Gasteiger partial charge in [0, 0.05) is 51.9 Å². The highest BCUT2D eigenvalue weighted by atomic mass is 19.1. The number of nitriles is 1. The molecule has 20 heavy (non-hydrogen) atoms. The van der Waals surface area contributed by atoms with Crippen LogP contribution in [-0.2, 0) is 6.54 Å². The third-order valence-electron chi connectivity index (χ3n) is 4.26. The van der Waals surface area contributed by atoms with Crippen molar-refractivity contribution >= 4 is 0 Å². The average molecular weight is 274 g/mol. The molecule has 2 aliphatic rings. The lowest BCUT2D eigenvalue weighted by Crippen LogP contribution is -2.61. The second-order valence-corrected chi connectivity index (χ2v) is 5.54. The van der Waals surface area contributed by atoms with Crippen LogP contribution in [0.3, 0.4) is 0 Å². The predicted molar refractivity (Wildman–Crippen MR) is 74.6 cm³/mol. The fourth-order valence-corrected chi connectivity index (χ4v) is 2.86. The fraction of sp³-hybridized carbons (Fsp3) is 0.533. The van der Waals surface area contributed by atoms with Gasteiger partial charge in [-0.2, -0.15) is 5.26 Å². The van der Waals surface area contributed by atoms with Crippen molar-refractivity contribution in [3.8, 4) is 6.07 Å². The molecule has 1 aromatic carbocycles. The van der Waals surface area contributed by atoms with Gasteiger partial charge in [-0.25, -0.2) is 4.39 Å². The zero-order valence-corrected chi connectivity index (χ0v) is 11.5. The van der Waals surface area contributed by atoms with Crippen molar-refractivity contribution in [2.45, 2.75) is 12.6 Å². The first-order chi connectivity index (χ1) is 9.76. The fourth-order valence-electron chi connectivity index (χ4n) is 2.86. The van der Waals surface area contributed by atoms with Crippen molar-refractivity contribution in [1.29, 1.82) is 5.26 Å².